The van der Waals surface area contributed by atoms with Crippen LogP contribution in [0.15, 0.2) is 36.5 Å². The van der Waals surface area contributed by atoms with E-state index in [2.05, 4.69) is 4.98 Å². The Morgan fingerprint density at radius 1 is 1.21 bits per heavy atom. The van der Waals surface area contributed by atoms with Crippen molar-refractivity contribution in [2.45, 2.75) is 6.54 Å². The highest BCUT2D eigenvalue weighted by molar-refractivity contribution is 6.31. The van der Waals surface area contributed by atoms with E-state index >= 15 is 0 Å². The van der Waals surface area contributed by atoms with Crippen molar-refractivity contribution in [1.29, 1.82) is 0 Å². The second-order valence-electron chi connectivity index (χ2n) is 3.05. The van der Waals surface area contributed by atoms with Crippen molar-refractivity contribution in [2.75, 3.05) is 0 Å². The quantitative estimate of drug-likeness (QED) is 0.780. The van der Waals surface area contributed by atoms with E-state index in [1.165, 1.54) is 0 Å². The van der Waals surface area contributed by atoms with E-state index in [-0.39, 0.29) is 0 Å². The molecule has 1 aromatic heterocycles. The van der Waals surface area contributed by atoms with Gasteiger partial charge in [-0.25, -0.2) is 0 Å². The Bertz CT molecular complexity index is 421. The Hall–Kier alpha value is -1.25. The molecule has 0 saturated heterocycles. The van der Waals surface area contributed by atoms with Crippen molar-refractivity contribution in [3.63, 3.8) is 0 Å². The average molecular weight is 207 g/mol. The smallest absolute Gasteiger partial charge is 0.0457 e. The molecule has 0 aliphatic rings. The van der Waals surface area contributed by atoms with Crippen LogP contribution < -0.4 is 5.73 Å². The Morgan fingerprint density at radius 2 is 2.07 bits per heavy atom. The van der Waals surface area contributed by atoms with Crippen LogP contribution in [0.4, 0.5) is 0 Å². The molecule has 2 aromatic rings. The second kappa shape index (κ2) is 3.86. The first-order valence-electron chi connectivity index (χ1n) is 4.44. The van der Waals surface area contributed by atoms with E-state index in [1.807, 2.05) is 36.5 Å². The van der Waals surface area contributed by atoms with Gasteiger partial charge in [0.25, 0.3) is 0 Å². The molecule has 0 spiro atoms. The van der Waals surface area contributed by atoms with Crippen LogP contribution >= 0.6 is 11.6 Å². The maximum Gasteiger partial charge on any atom is 0.0457 e. The number of benzene rings is 1. The predicted octanol–water partition coefficient (Wildman–Crippen LogP) is 2.79. The zero-order valence-corrected chi connectivity index (χ0v) is 8.38. The number of nitrogens with one attached hydrogen (secondary N) is 1. The van der Waals surface area contributed by atoms with Gasteiger partial charge in [-0.2, -0.15) is 0 Å². The van der Waals surface area contributed by atoms with Crippen molar-refractivity contribution >= 4 is 11.6 Å². The summed E-state index contributed by atoms with van der Waals surface area (Å²) < 4.78 is 0. The molecule has 72 valence electrons. The van der Waals surface area contributed by atoms with Crippen LogP contribution in [0.3, 0.4) is 0 Å². The molecule has 0 unspecified atom stereocenters. The molecule has 0 bridgehead atoms. The Labute approximate surface area is 87.7 Å². The first-order valence-corrected chi connectivity index (χ1v) is 4.82. The van der Waals surface area contributed by atoms with Gasteiger partial charge in [0.05, 0.1) is 0 Å². The van der Waals surface area contributed by atoms with E-state index in [0.29, 0.717) is 6.54 Å². The average Bonchev–Trinajstić information content (AvgIpc) is 2.70. The number of halogens is 1. The summed E-state index contributed by atoms with van der Waals surface area (Å²) >= 11 is 6.05. The van der Waals surface area contributed by atoms with E-state index in [9.17, 15) is 0 Å². The largest absolute Gasteiger partial charge is 0.361 e. The lowest BCUT2D eigenvalue weighted by molar-refractivity contribution is 1.07. The summed E-state index contributed by atoms with van der Waals surface area (Å²) in [5.41, 5.74) is 8.77. The van der Waals surface area contributed by atoms with Gasteiger partial charge >= 0.3 is 0 Å². The van der Waals surface area contributed by atoms with E-state index in [4.69, 9.17) is 17.3 Å². The minimum absolute atomic E-state index is 0.452. The van der Waals surface area contributed by atoms with Gasteiger partial charge < -0.3 is 10.7 Å². The van der Waals surface area contributed by atoms with Gasteiger partial charge in [0, 0.05) is 29.0 Å². The van der Waals surface area contributed by atoms with E-state index in [1.54, 1.807) is 0 Å². The van der Waals surface area contributed by atoms with E-state index < -0.39 is 0 Å². The first-order chi connectivity index (χ1) is 6.83. The molecule has 0 saturated carbocycles. The van der Waals surface area contributed by atoms with Crippen LogP contribution in [-0.4, -0.2) is 4.98 Å². The van der Waals surface area contributed by atoms with Gasteiger partial charge in [-0.3, -0.25) is 0 Å². The predicted molar refractivity (Wildman–Crippen MR) is 59.1 cm³/mol. The summed E-state index contributed by atoms with van der Waals surface area (Å²) in [5, 5.41) is 0.722. The Kier molecular flexibility index (Phi) is 2.57. The molecule has 3 heteroatoms. The first kappa shape index (κ1) is 9.31. The van der Waals surface area contributed by atoms with Crippen LogP contribution in [0, 0.1) is 0 Å². The van der Waals surface area contributed by atoms with Crippen LogP contribution in [0.25, 0.3) is 11.3 Å². The summed E-state index contributed by atoms with van der Waals surface area (Å²) in [7, 11) is 0. The fraction of sp³-hybridized carbons (Fsp3) is 0.0909. The van der Waals surface area contributed by atoms with Crippen molar-refractivity contribution in [2.24, 2.45) is 5.73 Å². The molecule has 0 fully saturated rings. The number of hydrogen-bond acceptors (Lipinski definition) is 1. The Balaban J connectivity index is 2.58. The summed E-state index contributed by atoms with van der Waals surface area (Å²) in [5.74, 6) is 0. The number of H-pyrrole nitrogens is 1. The van der Waals surface area contributed by atoms with Gasteiger partial charge in [-0.05, 0) is 23.8 Å². The SMILES string of the molecule is NCc1c(Cl)cccc1-c1ccc[nH]1. The fourth-order valence-electron chi connectivity index (χ4n) is 1.52. The molecule has 3 N–H and O–H groups in total. The highest BCUT2D eigenvalue weighted by Crippen LogP contribution is 2.27. The molecule has 1 aromatic carbocycles. The van der Waals surface area contributed by atoms with Crippen LogP contribution in [0.1, 0.15) is 5.56 Å². The molecular formula is C11H11ClN2. The van der Waals surface area contributed by atoms with Crippen LogP contribution in [-0.2, 0) is 6.54 Å². The number of nitrogens with two attached hydrogens (primary N) is 1. The van der Waals surface area contributed by atoms with Crippen molar-refractivity contribution in [3.05, 3.63) is 47.1 Å². The molecular weight excluding hydrogens is 196 g/mol. The maximum atomic E-state index is 6.05. The lowest BCUT2D eigenvalue weighted by Gasteiger charge is -2.07. The number of aromatic nitrogens is 1. The fourth-order valence-corrected chi connectivity index (χ4v) is 1.77. The monoisotopic (exact) mass is 206 g/mol. The molecule has 2 nitrogen and oxygen atoms in total. The molecule has 0 aliphatic carbocycles. The zero-order valence-electron chi connectivity index (χ0n) is 7.63. The highest BCUT2D eigenvalue weighted by Gasteiger charge is 2.07. The third kappa shape index (κ3) is 1.54. The van der Waals surface area contributed by atoms with Gasteiger partial charge in [0.15, 0.2) is 0 Å². The minimum Gasteiger partial charge on any atom is -0.361 e. The molecule has 0 amide bonds. The lowest BCUT2D eigenvalue weighted by Crippen LogP contribution is -1.99. The molecule has 2 rings (SSSR count). The van der Waals surface area contributed by atoms with Crippen molar-refractivity contribution in [3.8, 4) is 11.3 Å². The summed E-state index contributed by atoms with van der Waals surface area (Å²) in [6, 6.07) is 9.76. The minimum atomic E-state index is 0.452. The van der Waals surface area contributed by atoms with Crippen molar-refractivity contribution in [1.82, 2.24) is 4.98 Å². The van der Waals surface area contributed by atoms with Crippen LogP contribution in [0.2, 0.25) is 5.02 Å². The summed E-state index contributed by atoms with van der Waals surface area (Å²) in [6.45, 7) is 0.452. The normalized spacial score (nSPS) is 10.4. The Morgan fingerprint density at radius 3 is 2.71 bits per heavy atom. The summed E-state index contributed by atoms with van der Waals surface area (Å²) in [6.07, 6.45) is 1.89. The molecule has 1 heterocycles. The van der Waals surface area contributed by atoms with Gasteiger partial charge in [0.2, 0.25) is 0 Å². The van der Waals surface area contributed by atoms with Crippen LogP contribution in [0.5, 0.6) is 0 Å². The maximum absolute atomic E-state index is 6.05. The number of aromatic amines is 1. The molecule has 14 heavy (non-hydrogen) atoms. The topological polar surface area (TPSA) is 41.8 Å². The van der Waals surface area contributed by atoms with E-state index in [0.717, 1.165) is 21.8 Å². The highest BCUT2D eigenvalue weighted by atomic mass is 35.5. The third-order valence-corrected chi connectivity index (χ3v) is 2.57. The molecule has 0 atom stereocenters. The number of rotatable bonds is 2. The standard InChI is InChI=1S/C11H11ClN2/c12-10-4-1-3-8(9(10)7-13)11-5-2-6-14-11/h1-6,14H,7,13H2. The molecule has 0 aliphatic heterocycles. The van der Waals surface area contributed by atoms with Crippen molar-refractivity contribution < 1.29 is 0 Å². The third-order valence-electron chi connectivity index (χ3n) is 2.21. The summed E-state index contributed by atoms with van der Waals surface area (Å²) in [4.78, 5) is 3.14. The second-order valence-corrected chi connectivity index (χ2v) is 3.46. The lowest BCUT2D eigenvalue weighted by atomic mass is 10.0. The van der Waals surface area contributed by atoms with Gasteiger partial charge in [0.1, 0.15) is 0 Å². The van der Waals surface area contributed by atoms with Gasteiger partial charge in [-0.15, -0.1) is 0 Å². The molecule has 0 radical (unpaired) electrons. The number of hydrogen-bond donors (Lipinski definition) is 2. The van der Waals surface area contributed by atoms with Gasteiger partial charge in [-0.1, -0.05) is 23.7 Å². The zero-order chi connectivity index (χ0) is 9.97.